The van der Waals surface area contributed by atoms with Crippen molar-refractivity contribution in [1.82, 2.24) is 25.1 Å². The van der Waals surface area contributed by atoms with E-state index >= 15 is 0 Å². The van der Waals surface area contributed by atoms with Crippen molar-refractivity contribution in [2.24, 2.45) is 17.3 Å². The maximum absolute atomic E-state index is 14.3. The number of carbonyl (C=O) groups excluding carboxylic acids is 2. The zero-order valence-corrected chi connectivity index (χ0v) is 30.3. The molecule has 1 aromatic carbocycles. The summed E-state index contributed by atoms with van der Waals surface area (Å²) in [5, 5.41) is 3.41. The minimum Gasteiger partial charge on any atom is -0.451 e. The number of ether oxygens (including phenoxy) is 2. The summed E-state index contributed by atoms with van der Waals surface area (Å²) in [5.74, 6) is 1.64. The molecule has 2 aromatic rings. The van der Waals surface area contributed by atoms with Crippen LogP contribution in [-0.4, -0.2) is 95.1 Å². The Morgan fingerprint density at radius 2 is 1.86 bits per heavy atom. The number of hydrogen-bond acceptors (Lipinski definition) is 8. The third-order valence-electron chi connectivity index (χ3n) is 11.8. The number of piperidine rings is 1. The average Bonchev–Trinajstić information content (AvgIpc) is 3.35. The third-order valence-corrected chi connectivity index (χ3v) is 11.8. The van der Waals surface area contributed by atoms with E-state index in [-0.39, 0.29) is 45.9 Å². The number of nitrogens with zero attached hydrogens (tertiary/aromatic N) is 5. The molecule has 1 N–H and O–H groups in total. The number of benzene rings is 1. The van der Waals surface area contributed by atoms with E-state index in [1.165, 1.54) is 37.4 Å². The van der Waals surface area contributed by atoms with Crippen LogP contribution in [0.25, 0.3) is 0 Å². The van der Waals surface area contributed by atoms with Crippen molar-refractivity contribution in [3.8, 4) is 11.5 Å². The van der Waals surface area contributed by atoms with Crippen LogP contribution in [0, 0.1) is 23.1 Å². The standard InChI is InChI=1S/C38H55FN6O4/c1-7-45(26(2)3)35(47)30-18-29(39)8-9-31(30)49-32-21-40-25-41-33(32)44-23-37(24-44)14-16-43(17-15-37)22-27-10-12-38(13-11-27)20-28(34(46)42-38)19-36(4,5)48-6/h8-9,18,21,25-28H,7,10-17,19-20,22-24H2,1-6H3,(H,42,46). The fourth-order valence-electron chi connectivity index (χ4n) is 8.76. The first-order chi connectivity index (χ1) is 23.3. The normalized spacial score (nSPS) is 25.5. The van der Waals surface area contributed by atoms with Crippen molar-refractivity contribution in [2.75, 3.05) is 51.3 Å². The van der Waals surface area contributed by atoms with Gasteiger partial charge in [-0.15, -0.1) is 0 Å². The molecule has 1 atom stereocenters. The second-order valence-corrected chi connectivity index (χ2v) is 16.1. The summed E-state index contributed by atoms with van der Waals surface area (Å²) < 4.78 is 26.2. The summed E-state index contributed by atoms with van der Waals surface area (Å²) in [6.45, 7) is 15.6. The minimum atomic E-state index is -0.484. The Morgan fingerprint density at radius 3 is 2.51 bits per heavy atom. The molecule has 0 bridgehead atoms. The molecule has 10 nitrogen and oxygen atoms in total. The number of likely N-dealkylation sites (tertiary alicyclic amines) is 1. The predicted molar refractivity (Wildman–Crippen MR) is 187 cm³/mol. The first-order valence-electron chi connectivity index (χ1n) is 18.3. The van der Waals surface area contributed by atoms with Crippen LogP contribution in [0.15, 0.2) is 30.7 Å². The Morgan fingerprint density at radius 1 is 1.14 bits per heavy atom. The van der Waals surface area contributed by atoms with Gasteiger partial charge in [0.15, 0.2) is 11.6 Å². The van der Waals surface area contributed by atoms with Crippen LogP contribution >= 0.6 is 0 Å². The fraction of sp³-hybridized carbons (Fsp3) is 0.684. The molecule has 11 heteroatoms. The molecule has 4 heterocycles. The highest BCUT2D eigenvalue weighted by Gasteiger charge is 2.49. The number of halogens is 1. The van der Waals surface area contributed by atoms with Crippen molar-refractivity contribution in [1.29, 1.82) is 0 Å². The smallest absolute Gasteiger partial charge is 0.257 e. The van der Waals surface area contributed by atoms with E-state index in [1.54, 1.807) is 18.2 Å². The number of anilines is 1. The lowest BCUT2D eigenvalue weighted by Gasteiger charge is -2.55. The predicted octanol–water partition coefficient (Wildman–Crippen LogP) is 6.06. The van der Waals surface area contributed by atoms with E-state index in [0.717, 1.165) is 71.2 Å². The van der Waals surface area contributed by atoms with Gasteiger partial charge < -0.3 is 29.5 Å². The van der Waals surface area contributed by atoms with Gasteiger partial charge in [0.2, 0.25) is 5.91 Å². The van der Waals surface area contributed by atoms with E-state index in [4.69, 9.17) is 9.47 Å². The molecule has 49 heavy (non-hydrogen) atoms. The van der Waals surface area contributed by atoms with E-state index < -0.39 is 5.82 Å². The monoisotopic (exact) mass is 678 g/mol. The highest BCUT2D eigenvalue weighted by Crippen LogP contribution is 2.46. The molecule has 268 valence electrons. The molecular weight excluding hydrogens is 623 g/mol. The average molecular weight is 679 g/mol. The van der Waals surface area contributed by atoms with Crippen LogP contribution in [0.3, 0.4) is 0 Å². The Bertz CT molecular complexity index is 1490. The molecule has 1 unspecified atom stereocenters. The van der Waals surface area contributed by atoms with Crippen molar-refractivity contribution in [3.63, 3.8) is 0 Å². The molecular formula is C38H55FN6O4. The highest BCUT2D eigenvalue weighted by atomic mass is 19.1. The molecule has 3 saturated heterocycles. The summed E-state index contributed by atoms with van der Waals surface area (Å²) >= 11 is 0. The van der Waals surface area contributed by atoms with E-state index in [2.05, 4.69) is 38.9 Å². The molecule has 1 saturated carbocycles. The van der Waals surface area contributed by atoms with E-state index in [1.807, 2.05) is 20.8 Å². The van der Waals surface area contributed by atoms with Crippen LogP contribution < -0.4 is 15.0 Å². The fourth-order valence-corrected chi connectivity index (χ4v) is 8.76. The number of rotatable bonds is 11. The van der Waals surface area contributed by atoms with Gasteiger partial charge in [0, 0.05) is 56.2 Å². The summed E-state index contributed by atoms with van der Waals surface area (Å²) in [4.78, 5) is 41.6. The number of methoxy groups -OCH3 is 1. The van der Waals surface area contributed by atoms with Gasteiger partial charge in [0.05, 0.1) is 17.4 Å². The molecule has 1 aromatic heterocycles. The van der Waals surface area contributed by atoms with Gasteiger partial charge in [-0.2, -0.15) is 0 Å². The minimum absolute atomic E-state index is 0.0231. The molecule has 3 aliphatic heterocycles. The third kappa shape index (κ3) is 7.72. The first-order valence-corrected chi connectivity index (χ1v) is 18.3. The van der Waals surface area contributed by atoms with Crippen molar-refractivity contribution < 1.29 is 23.5 Å². The number of carbonyl (C=O) groups is 2. The molecule has 4 aliphatic rings. The Balaban J connectivity index is 1.00. The number of aromatic nitrogens is 2. The number of hydrogen-bond donors (Lipinski definition) is 1. The van der Waals surface area contributed by atoms with Gasteiger partial charge in [-0.1, -0.05) is 0 Å². The van der Waals surface area contributed by atoms with Crippen LogP contribution in [-0.2, 0) is 9.53 Å². The van der Waals surface area contributed by atoms with Gasteiger partial charge in [-0.25, -0.2) is 14.4 Å². The first kappa shape index (κ1) is 35.5. The summed E-state index contributed by atoms with van der Waals surface area (Å²) in [5.41, 5.74) is 0.141. The van der Waals surface area contributed by atoms with Gasteiger partial charge in [0.1, 0.15) is 17.9 Å². The molecule has 1 aliphatic carbocycles. The summed E-state index contributed by atoms with van der Waals surface area (Å²) in [6, 6.07) is 4.04. The van der Waals surface area contributed by atoms with Crippen LogP contribution in [0.5, 0.6) is 11.5 Å². The van der Waals surface area contributed by atoms with Gasteiger partial charge >= 0.3 is 0 Å². The molecule has 4 fully saturated rings. The second kappa shape index (κ2) is 14.1. The summed E-state index contributed by atoms with van der Waals surface area (Å²) in [6.07, 6.45) is 11.6. The maximum atomic E-state index is 14.3. The SMILES string of the molecule is CCN(C(=O)c1cc(F)ccc1Oc1cncnc1N1CC2(CCN(CC3CCC4(CC3)CC(CC(C)(C)OC)C(=O)N4)CC2)C1)C(C)C. The zero-order valence-electron chi connectivity index (χ0n) is 30.3. The molecule has 6 rings (SSSR count). The lowest BCUT2D eigenvalue weighted by atomic mass is 9.71. The van der Waals surface area contributed by atoms with Gasteiger partial charge in [-0.05, 0) is 123 Å². The largest absolute Gasteiger partial charge is 0.451 e. The molecule has 2 spiro atoms. The summed E-state index contributed by atoms with van der Waals surface area (Å²) in [7, 11) is 1.73. The number of amides is 2. The van der Waals surface area contributed by atoms with Crippen LogP contribution in [0.2, 0.25) is 0 Å². The molecule has 0 radical (unpaired) electrons. The quantitative estimate of drug-likeness (QED) is 0.306. The lowest BCUT2D eigenvalue weighted by molar-refractivity contribution is -0.125. The number of nitrogens with one attached hydrogen (secondary N) is 1. The second-order valence-electron chi connectivity index (χ2n) is 16.1. The highest BCUT2D eigenvalue weighted by molar-refractivity contribution is 5.97. The molecule has 2 amide bonds. The van der Waals surface area contributed by atoms with Crippen molar-refractivity contribution in [2.45, 2.75) is 103 Å². The Kier molecular flexibility index (Phi) is 10.2. The van der Waals surface area contributed by atoms with Crippen molar-refractivity contribution in [3.05, 3.63) is 42.1 Å². The Hall–Kier alpha value is -3.31. The van der Waals surface area contributed by atoms with Crippen LogP contribution in [0.1, 0.15) is 96.3 Å². The lowest BCUT2D eigenvalue weighted by Crippen LogP contribution is -2.61. The van der Waals surface area contributed by atoms with E-state index in [0.29, 0.717) is 29.8 Å². The van der Waals surface area contributed by atoms with Gasteiger partial charge in [0.25, 0.3) is 5.91 Å². The van der Waals surface area contributed by atoms with Crippen LogP contribution in [0.4, 0.5) is 10.2 Å². The van der Waals surface area contributed by atoms with E-state index in [9.17, 15) is 14.0 Å². The van der Waals surface area contributed by atoms with Crippen molar-refractivity contribution >= 4 is 17.6 Å². The van der Waals surface area contributed by atoms with Gasteiger partial charge in [-0.3, -0.25) is 9.59 Å². The zero-order chi connectivity index (χ0) is 35.0. The maximum Gasteiger partial charge on any atom is 0.257 e. The topological polar surface area (TPSA) is 100 Å². The Labute approximate surface area is 291 Å².